The molecule has 2 aromatic carbocycles. The highest BCUT2D eigenvalue weighted by Gasteiger charge is 2.24. The van der Waals surface area contributed by atoms with E-state index < -0.39 is 40.1 Å². The third-order valence-electron chi connectivity index (χ3n) is 4.08. The predicted molar refractivity (Wildman–Crippen MR) is 108 cm³/mol. The van der Waals surface area contributed by atoms with Crippen LogP contribution in [0.3, 0.4) is 0 Å². The van der Waals surface area contributed by atoms with Crippen molar-refractivity contribution in [3.63, 3.8) is 0 Å². The number of carbonyl (C=O) groups is 2. The van der Waals surface area contributed by atoms with Gasteiger partial charge in [-0.25, -0.2) is 22.0 Å². The molecular weight excluding hydrogens is 438 g/mol. The number of ether oxygens (including phenoxy) is 3. The van der Waals surface area contributed by atoms with Crippen molar-refractivity contribution in [1.82, 2.24) is 0 Å². The van der Waals surface area contributed by atoms with E-state index in [4.69, 9.17) is 14.2 Å². The zero-order valence-electron chi connectivity index (χ0n) is 17.1. The normalized spacial score (nSPS) is 10.9. The zero-order valence-corrected chi connectivity index (χ0v) is 17.9. The number of halogens is 2. The third kappa shape index (κ3) is 5.60. The van der Waals surface area contributed by atoms with Gasteiger partial charge in [0.2, 0.25) is 15.9 Å². The molecule has 31 heavy (non-hydrogen) atoms. The Morgan fingerprint density at radius 2 is 1.61 bits per heavy atom. The molecule has 0 atom stereocenters. The van der Waals surface area contributed by atoms with Crippen LogP contribution in [-0.2, 0) is 19.6 Å². The molecule has 0 bridgehead atoms. The van der Waals surface area contributed by atoms with Gasteiger partial charge in [-0.3, -0.25) is 9.10 Å². The number of esters is 1. The zero-order chi connectivity index (χ0) is 23.3. The number of hydrogen-bond acceptors (Lipinski definition) is 7. The highest BCUT2D eigenvalue weighted by atomic mass is 32.2. The van der Waals surface area contributed by atoms with Crippen molar-refractivity contribution >= 4 is 33.3 Å². The molecule has 9 nitrogen and oxygen atoms in total. The Bertz CT molecular complexity index is 1110. The fourth-order valence-electron chi connectivity index (χ4n) is 2.62. The minimum absolute atomic E-state index is 0.0340. The maximum absolute atomic E-state index is 13.6. The maximum atomic E-state index is 13.6. The van der Waals surface area contributed by atoms with Crippen LogP contribution in [0.4, 0.5) is 20.2 Å². The van der Waals surface area contributed by atoms with Gasteiger partial charge in [-0.2, -0.15) is 0 Å². The molecule has 0 saturated heterocycles. The summed E-state index contributed by atoms with van der Waals surface area (Å²) in [6.07, 6.45) is 0.803. The molecular formula is C19H20F2N2O7S. The number of methoxy groups -OCH3 is 3. The van der Waals surface area contributed by atoms with Gasteiger partial charge in [-0.1, -0.05) is 0 Å². The van der Waals surface area contributed by atoms with E-state index >= 15 is 0 Å². The summed E-state index contributed by atoms with van der Waals surface area (Å²) < 4.78 is 66.6. The van der Waals surface area contributed by atoms with E-state index in [1.165, 1.54) is 26.4 Å². The topological polar surface area (TPSA) is 111 Å². The van der Waals surface area contributed by atoms with Crippen LogP contribution in [0.2, 0.25) is 0 Å². The lowest BCUT2D eigenvalue weighted by Crippen LogP contribution is -2.37. The van der Waals surface area contributed by atoms with Gasteiger partial charge < -0.3 is 19.5 Å². The fourth-order valence-corrected chi connectivity index (χ4v) is 3.47. The molecule has 0 aromatic heterocycles. The number of nitrogens with zero attached hydrogens (tertiary/aromatic N) is 1. The largest absolute Gasteiger partial charge is 0.493 e. The van der Waals surface area contributed by atoms with Crippen molar-refractivity contribution < 1.29 is 41.0 Å². The van der Waals surface area contributed by atoms with E-state index in [0.717, 1.165) is 25.5 Å². The van der Waals surface area contributed by atoms with Crippen LogP contribution < -0.4 is 19.1 Å². The van der Waals surface area contributed by atoms with Crippen LogP contribution in [0.1, 0.15) is 10.4 Å². The van der Waals surface area contributed by atoms with E-state index in [1.54, 1.807) is 0 Å². The van der Waals surface area contributed by atoms with Gasteiger partial charge in [0.1, 0.15) is 6.54 Å². The summed E-state index contributed by atoms with van der Waals surface area (Å²) in [5, 5.41) is 2.40. The molecule has 2 aromatic rings. The second-order valence-electron chi connectivity index (χ2n) is 6.16. The number of rotatable bonds is 8. The van der Waals surface area contributed by atoms with E-state index in [9.17, 15) is 26.8 Å². The minimum Gasteiger partial charge on any atom is -0.493 e. The molecule has 0 radical (unpaired) electrons. The van der Waals surface area contributed by atoms with Crippen molar-refractivity contribution in [3.05, 3.63) is 47.5 Å². The summed E-state index contributed by atoms with van der Waals surface area (Å²) >= 11 is 0. The van der Waals surface area contributed by atoms with Crippen molar-refractivity contribution in [2.75, 3.05) is 43.8 Å². The molecule has 12 heteroatoms. The molecule has 0 fully saturated rings. The molecule has 168 valence electrons. The van der Waals surface area contributed by atoms with Gasteiger partial charge in [-0.05, 0) is 12.1 Å². The van der Waals surface area contributed by atoms with Gasteiger partial charge in [0.05, 0.1) is 44.5 Å². The van der Waals surface area contributed by atoms with E-state index in [0.29, 0.717) is 10.4 Å². The van der Waals surface area contributed by atoms with Crippen molar-refractivity contribution in [1.29, 1.82) is 0 Å². The highest BCUT2D eigenvalue weighted by molar-refractivity contribution is 7.92. The van der Waals surface area contributed by atoms with Crippen molar-refractivity contribution in [3.8, 4) is 11.5 Å². The minimum atomic E-state index is -4.04. The highest BCUT2D eigenvalue weighted by Crippen LogP contribution is 2.34. The Balaban J connectivity index is 2.40. The van der Waals surface area contributed by atoms with Gasteiger partial charge in [0.25, 0.3) is 0 Å². The molecule has 0 aliphatic rings. The molecule has 0 unspecified atom stereocenters. The molecule has 0 aliphatic carbocycles. The summed E-state index contributed by atoms with van der Waals surface area (Å²) in [7, 11) is -0.211. The molecule has 1 N–H and O–H groups in total. The number of sulfonamides is 1. The Morgan fingerprint density at radius 1 is 1.00 bits per heavy atom. The molecule has 0 heterocycles. The summed E-state index contributed by atoms with van der Waals surface area (Å²) in [5.74, 6) is -3.73. The van der Waals surface area contributed by atoms with Crippen LogP contribution in [0.25, 0.3) is 0 Å². The van der Waals surface area contributed by atoms with E-state index in [1.807, 2.05) is 0 Å². The molecule has 0 saturated carbocycles. The summed E-state index contributed by atoms with van der Waals surface area (Å²) in [6, 6.07) is 4.99. The lowest BCUT2D eigenvalue weighted by atomic mass is 10.1. The average molecular weight is 458 g/mol. The molecule has 0 aliphatic heterocycles. The smallest absolute Gasteiger partial charge is 0.340 e. The van der Waals surface area contributed by atoms with Crippen molar-refractivity contribution in [2.24, 2.45) is 0 Å². The SMILES string of the molecule is COC(=O)c1cc(OC)c(OC)cc1NC(=O)CN(c1ccc(F)c(F)c1)S(C)(=O)=O. The fraction of sp³-hybridized carbons (Fsp3) is 0.263. The van der Waals surface area contributed by atoms with Crippen LogP contribution in [0.5, 0.6) is 11.5 Å². The second-order valence-corrected chi connectivity index (χ2v) is 8.07. The first-order chi connectivity index (χ1) is 14.5. The van der Waals surface area contributed by atoms with Gasteiger partial charge in [0.15, 0.2) is 23.1 Å². The predicted octanol–water partition coefficient (Wildman–Crippen LogP) is 2.17. The van der Waals surface area contributed by atoms with E-state index in [2.05, 4.69) is 5.32 Å². The number of anilines is 2. The standard InChI is InChI=1S/C19H20F2N2O7S/c1-28-16-8-12(19(25)30-3)15(9-17(16)29-2)22-18(24)10-23(31(4,26)27)11-5-6-13(20)14(21)7-11/h5-9H,10H2,1-4H3,(H,22,24). The quantitative estimate of drug-likeness (QED) is 0.604. The number of nitrogens with one attached hydrogen (secondary N) is 1. The summed E-state index contributed by atoms with van der Waals surface area (Å²) in [5.41, 5.74) is -0.363. The van der Waals surface area contributed by atoms with Crippen LogP contribution in [0, 0.1) is 11.6 Å². The third-order valence-corrected chi connectivity index (χ3v) is 5.22. The molecule has 0 spiro atoms. The number of hydrogen-bond donors (Lipinski definition) is 1. The number of benzene rings is 2. The van der Waals surface area contributed by atoms with Gasteiger partial charge >= 0.3 is 5.97 Å². The first-order valence-corrected chi connectivity index (χ1v) is 10.4. The first-order valence-electron chi connectivity index (χ1n) is 8.58. The van der Waals surface area contributed by atoms with E-state index in [-0.39, 0.29) is 28.4 Å². The Morgan fingerprint density at radius 3 is 2.13 bits per heavy atom. The lowest BCUT2D eigenvalue weighted by molar-refractivity contribution is -0.114. The Kier molecular flexibility index (Phi) is 7.39. The van der Waals surface area contributed by atoms with Crippen LogP contribution in [0.15, 0.2) is 30.3 Å². The van der Waals surface area contributed by atoms with Gasteiger partial charge in [-0.15, -0.1) is 0 Å². The number of amides is 1. The number of carbonyl (C=O) groups excluding carboxylic acids is 2. The second kappa shape index (κ2) is 9.60. The Labute approximate surface area is 177 Å². The van der Waals surface area contributed by atoms with Gasteiger partial charge in [0, 0.05) is 18.2 Å². The van der Waals surface area contributed by atoms with Crippen LogP contribution >= 0.6 is 0 Å². The lowest BCUT2D eigenvalue weighted by Gasteiger charge is -2.22. The monoisotopic (exact) mass is 458 g/mol. The molecule has 2 rings (SSSR count). The average Bonchev–Trinajstić information content (AvgIpc) is 2.72. The molecule has 1 amide bonds. The maximum Gasteiger partial charge on any atom is 0.340 e. The first kappa shape index (κ1) is 23.9. The summed E-state index contributed by atoms with van der Waals surface area (Å²) in [6.45, 7) is -0.779. The van der Waals surface area contributed by atoms with Crippen molar-refractivity contribution in [2.45, 2.75) is 0 Å². The van der Waals surface area contributed by atoms with Crippen LogP contribution in [-0.4, -0.2) is 54.4 Å². The Hall–Kier alpha value is -3.41. The summed E-state index contributed by atoms with van der Waals surface area (Å²) in [4.78, 5) is 24.7.